The molecule has 13 heteroatoms. The maximum absolute atomic E-state index is 13.4. The van der Waals surface area contributed by atoms with Crippen molar-refractivity contribution in [3.05, 3.63) is 128 Å². The molecule has 1 aliphatic heterocycles. The zero-order valence-corrected chi connectivity index (χ0v) is 33.0. The molecule has 1 aromatic heterocycles. The summed E-state index contributed by atoms with van der Waals surface area (Å²) in [4.78, 5) is 66.9. The summed E-state index contributed by atoms with van der Waals surface area (Å²) in [5, 5.41) is 2.64. The lowest BCUT2D eigenvalue weighted by Gasteiger charge is -2.23. The summed E-state index contributed by atoms with van der Waals surface area (Å²) in [5.41, 5.74) is 5.30. The molecule has 0 bridgehead atoms. The average molecular weight is 798 g/mol. The van der Waals surface area contributed by atoms with Gasteiger partial charge in [-0.2, -0.15) is 0 Å². The van der Waals surface area contributed by atoms with Crippen molar-refractivity contribution in [2.75, 3.05) is 19.1 Å². The highest BCUT2D eigenvalue weighted by atomic mass is 35.5. The number of alkyl carbamates (subject to hydrolysis) is 1. The summed E-state index contributed by atoms with van der Waals surface area (Å²) in [5.74, 6) is -2.45. The van der Waals surface area contributed by atoms with Crippen molar-refractivity contribution in [1.29, 1.82) is 0 Å². The number of ether oxygens (including phenoxy) is 4. The highest BCUT2D eigenvalue weighted by molar-refractivity contribution is 6.26. The van der Waals surface area contributed by atoms with E-state index in [1.54, 1.807) is 26.0 Å². The van der Waals surface area contributed by atoms with E-state index in [-0.39, 0.29) is 37.0 Å². The molecule has 2 N–H and O–H groups in total. The third-order valence-corrected chi connectivity index (χ3v) is 10.5. The molecule has 12 nitrogen and oxygen atoms in total. The summed E-state index contributed by atoms with van der Waals surface area (Å²) in [6.45, 7) is 5.37. The molecule has 300 valence electrons. The van der Waals surface area contributed by atoms with Crippen LogP contribution in [-0.2, 0) is 35.0 Å². The van der Waals surface area contributed by atoms with Crippen LogP contribution in [0.2, 0.25) is 0 Å². The van der Waals surface area contributed by atoms with Crippen molar-refractivity contribution in [3.63, 3.8) is 0 Å². The Labute approximate surface area is 336 Å². The molecule has 1 aliphatic carbocycles. The molecule has 0 saturated carbocycles. The number of hydrogen-bond acceptors (Lipinski definition) is 9. The second kappa shape index (κ2) is 19.1. The molecule has 3 aromatic carbocycles. The van der Waals surface area contributed by atoms with Gasteiger partial charge in [0.1, 0.15) is 43.6 Å². The second-order valence-corrected chi connectivity index (χ2v) is 14.9. The largest absolute Gasteiger partial charge is 0.461 e. The molecule has 4 aromatic rings. The molecular weight excluding hydrogens is 750 g/mol. The first kappa shape index (κ1) is 41.2. The summed E-state index contributed by atoms with van der Waals surface area (Å²) >= 11 is 5.73. The third kappa shape index (κ3) is 10.1. The first-order chi connectivity index (χ1) is 27.6. The SMILES string of the molecule is CCCCCc1ccc(/C=C/c2cn(C3CC(OC(=O)CCl)C(COC(=O)C(NC(=O)OCC4c5ccccc5-c5ccccc54)C(C)C)O3)c(=O)[nH]c2=O)cc1. The summed E-state index contributed by atoms with van der Waals surface area (Å²) in [6, 6.07) is 22.9. The van der Waals surface area contributed by atoms with Gasteiger partial charge in [0.05, 0.1) is 5.56 Å². The third-order valence-electron chi connectivity index (χ3n) is 10.3. The van der Waals surface area contributed by atoms with E-state index in [0.29, 0.717) is 0 Å². The molecule has 6 rings (SSSR count). The Morgan fingerprint density at radius 2 is 1.61 bits per heavy atom. The topological polar surface area (TPSA) is 155 Å². The van der Waals surface area contributed by atoms with Gasteiger partial charge in [0.2, 0.25) is 0 Å². The number of rotatable bonds is 16. The zero-order valence-electron chi connectivity index (χ0n) is 32.3. The number of esters is 2. The Kier molecular flexibility index (Phi) is 13.8. The molecule has 4 atom stereocenters. The number of H-pyrrole nitrogens is 1. The highest BCUT2D eigenvalue weighted by Gasteiger charge is 2.41. The minimum absolute atomic E-state index is 0.00501. The van der Waals surface area contributed by atoms with Gasteiger partial charge in [0.25, 0.3) is 5.56 Å². The number of aromatic nitrogens is 2. The fourth-order valence-electron chi connectivity index (χ4n) is 7.26. The molecular formula is C44H48ClN3O9. The van der Waals surface area contributed by atoms with Gasteiger partial charge in [-0.1, -0.05) is 112 Å². The number of unbranched alkanes of at least 4 members (excludes halogenated alkanes) is 2. The Bertz CT molecular complexity index is 2150. The lowest BCUT2D eigenvalue weighted by Crippen LogP contribution is -2.46. The van der Waals surface area contributed by atoms with Crippen molar-refractivity contribution in [2.45, 2.75) is 83.3 Å². The fourth-order valence-corrected chi connectivity index (χ4v) is 7.32. The van der Waals surface area contributed by atoms with Crippen LogP contribution in [0, 0.1) is 5.92 Å². The minimum Gasteiger partial charge on any atom is -0.461 e. The number of benzene rings is 3. The quantitative estimate of drug-likeness (QED) is 0.0529. The number of nitrogens with zero attached hydrogens (tertiary/aromatic N) is 1. The van der Waals surface area contributed by atoms with Crippen LogP contribution < -0.4 is 16.6 Å². The number of aryl methyl sites for hydroxylation is 1. The number of carbonyl (C=O) groups excluding carboxylic acids is 3. The number of nitrogens with one attached hydrogen (secondary N) is 2. The molecule has 0 spiro atoms. The monoisotopic (exact) mass is 797 g/mol. The summed E-state index contributed by atoms with van der Waals surface area (Å²) in [7, 11) is 0. The van der Waals surface area contributed by atoms with Crippen molar-refractivity contribution in [3.8, 4) is 11.1 Å². The van der Waals surface area contributed by atoms with E-state index in [1.165, 1.54) is 22.7 Å². The van der Waals surface area contributed by atoms with Gasteiger partial charge in [-0.15, -0.1) is 11.6 Å². The van der Waals surface area contributed by atoms with E-state index in [4.69, 9.17) is 30.5 Å². The predicted molar refractivity (Wildman–Crippen MR) is 217 cm³/mol. The van der Waals surface area contributed by atoms with E-state index >= 15 is 0 Å². The van der Waals surface area contributed by atoms with Crippen LogP contribution >= 0.6 is 11.6 Å². The Hall–Kier alpha value is -5.46. The van der Waals surface area contributed by atoms with Crippen molar-refractivity contribution in [1.82, 2.24) is 14.9 Å². The summed E-state index contributed by atoms with van der Waals surface area (Å²) in [6.07, 6.45) is 5.51. The standard InChI is InChI=1S/C44H48ClN3O9/c1-4-5-6-11-28-16-18-29(19-17-28)20-21-30-24-48(43(52)47-41(30)50)38-22-36(57-39(49)23-45)37(56-38)26-54-42(51)40(27(2)3)46-44(53)55-25-35-33-14-9-7-12-31(33)32-13-8-10-15-34(32)35/h7-10,12-21,24,27,35-38,40H,4-6,11,22-23,25-26H2,1-3H3,(H,46,53)(H,47,50,52)/b21-20+. The van der Waals surface area contributed by atoms with Gasteiger partial charge in [0.15, 0.2) is 0 Å². The number of aromatic amines is 1. The number of carbonyl (C=O) groups is 3. The Balaban J connectivity index is 1.09. The second-order valence-electron chi connectivity index (χ2n) is 14.6. The molecule has 0 radical (unpaired) electrons. The lowest BCUT2D eigenvalue weighted by atomic mass is 9.98. The van der Waals surface area contributed by atoms with Crippen LogP contribution in [0.3, 0.4) is 0 Å². The van der Waals surface area contributed by atoms with Gasteiger partial charge < -0.3 is 24.3 Å². The minimum atomic E-state index is -1.07. The van der Waals surface area contributed by atoms with Crippen LogP contribution in [0.4, 0.5) is 4.79 Å². The molecule has 1 amide bonds. The van der Waals surface area contributed by atoms with Crippen molar-refractivity contribution >= 4 is 41.8 Å². The van der Waals surface area contributed by atoms with E-state index in [2.05, 4.69) is 29.4 Å². The van der Waals surface area contributed by atoms with E-state index in [9.17, 15) is 24.0 Å². The molecule has 1 fully saturated rings. The molecule has 1 saturated heterocycles. The molecule has 4 unspecified atom stereocenters. The van der Waals surface area contributed by atoms with Gasteiger partial charge >= 0.3 is 23.7 Å². The zero-order chi connectivity index (χ0) is 40.5. The average Bonchev–Trinajstić information content (AvgIpc) is 3.76. The number of alkyl halides is 1. The lowest BCUT2D eigenvalue weighted by molar-refractivity contribution is -0.158. The molecule has 57 heavy (non-hydrogen) atoms. The van der Waals surface area contributed by atoms with Crippen LogP contribution in [-0.4, -0.2) is 64.9 Å². The maximum atomic E-state index is 13.4. The van der Waals surface area contributed by atoms with Crippen LogP contribution in [0.1, 0.15) is 86.4 Å². The fraction of sp³-hybridized carbons (Fsp3) is 0.386. The molecule has 2 aliphatic rings. The van der Waals surface area contributed by atoms with Gasteiger partial charge in [0, 0.05) is 18.5 Å². The first-order valence-corrected chi connectivity index (χ1v) is 19.9. The maximum Gasteiger partial charge on any atom is 0.407 e. The number of hydrogen-bond donors (Lipinski definition) is 2. The highest BCUT2D eigenvalue weighted by Crippen LogP contribution is 2.44. The van der Waals surface area contributed by atoms with Crippen LogP contribution in [0.25, 0.3) is 23.3 Å². The van der Waals surface area contributed by atoms with Crippen LogP contribution in [0.5, 0.6) is 0 Å². The molecule has 2 heterocycles. The smallest absolute Gasteiger partial charge is 0.407 e. The van der Waals surface area contributed by atoms with Crippen molar-refractivity contribution < 1.29 is 33.3 Å². The van der Waals surface area contributed by atoms with Gasteiger partial charge in [-0.3, -0.25) is 19.1 Å². The number of fused-ring (bicyclic) bond motifs is 3. The van der Waals surface area contributed by atoms with Gasteiger partial charge in [-0.25, -0.2) is 14.4 Å². The summed E-state index contributed by atoms with van der Waals surface area (Å²) < 4.78 is 24.2. The van der Waals surface area contributed by atoms with E-state index in [1.807, 2.05) is 60.7 Å². The Morgan fingerprint density at radius 1 is 0.930 bits per heavy atom. The van der Waals surface area contributed by atoms with E-state index in [0.717, 1.165) is 47.1 Å². The van der Waals surface area contributed by atoms with Crippen molar-refractivity contribution in [2.24, 2.45) is 5.92 Å². The Morgan fingerprint density at radius 3 is 2.26 bits per heavy atom. The number of amides is 1. The van der Waals surface area contributed by atoms with Gasteiger partial charge in [-0.05, 0) is 58.2 Å². The predicted octanol–water partition coefficient (Wildman–Crippen LogP) is 6.98. The van der Waals surface area contributed by atoms with Crippen LogP contribution in [0.15, 0.2) is 88.6 Å². The normalized spacial score (nSPS) is 17.9. The van der Waals surface area contributed by atoms with E-state index < -0.39 is 59.6 Å². The first-order valence-electron chi connectivity index (χ1n) is 19.4. The number of halogens is 1.